The summed E-state index contributed by atoms with van der Waals surface area (Å²) in [6.07, 6.45) is 2.55. The minimum absolute atomic E-state index is 0.328. The van der Waals surface area contributed by atoms with Crippen molar-refractivity contribution in [2.45, 2.75) is 18.2 Å². The molecule has 0 amide bonds. The maximum Gasteiger partial charge on any atom is 0.246 e. The van der Waals surface area contributed by atoms with E-state index in [0.717, 1.165) is 6.42 Å². The zero-order valence-electron chi connectivity index (χ0n) is 11.5. The van der Waals surface area contributed by atoms with Gasteiger partial charge in [-0.05, 0) is 30.7 Å². The molecule has 0 aliphatic carbocycles. The van der Waals surface area contributed by atoms with Crippen molar-refractivity contribution in [3.63, 3.8) is 0 Å². The SMILES string of the molecule is Cc1nn(C)cc1S(=O)(=O)N1CC(Cc2cccs2)C1. The summed E-state index contributed by atoms with van der Waals surface area (Å²) >= 11 is 1.73. The fraction of sp³-hybridized carbons (Fsp3) is 0.462. The average molecular weight is 311 g/mol. The molecule has 0 spiro atoms. The highest BCUT2D eigenvalue weighted by atomic mass is 32.2. The normalized spacial score (nSPS) is 17.3. The highest BCUT2D eigenvalue weighted by molar-refractivity contribution is 7.89. The lowest BCUT2D eigenvalue weighted by Crippen LogP contribution is -2.50. The monoisotopic (exact) mass is 311 g/mol. The van der Waals surface area contributed by atoms with Gasteiger partial charge in [-0.3, -0.25) is 4.68 Å². The number of aryl methyl sites for hydroxylation is 2. The second-order valence-corrected chi connectivity index (χ2v) is 8.16. The van der Waals surface area contributed by atoms with Crippen molar-refractivity contribution in [1.82, 2.24) is 14.1 Å². The van der Waals surface area contributed by atoms with Gasteiger partial charge in [0.1, 0.15) is 4.90 Å². The Hall–Kier alpha value is -1.18. The Morgan fingerprint density at radius 1 is 1.45 bits per heavy atom. The number of nitrogens with zero attached hydrogens (tertiary/aromatic N) is 3. The van der Waals surface area contributed by atoms with Crippen LogP contribution in [0.1, 0.15) is 10.6 Å². The molecule has 20 heavy (non-hydrogen) atoms. The first-order chi connectivity index (χ1) is 9.46. The first-order valence-electron chi connectivity index (χ1n) is 6.49. The van der Waals surface area contributed by atoms with Crippen LogP contribution < -0.4 is 0 Å². The third-order valence-electron chi connectivity index (χ3n) is 3.58. The third kappa shape index (κ3) is 2.41. The molecule has 1 fully saturated rings. The molecule has 2 aromatic heterocycles. The largest absolute Gasteiger partial charge is 0.274 e. The van der Waals surface area contributed by atoms with Gasteiger partial charge in [0.15, 0.2) is 0 Å². The molecule has 0 atom stereocenters. The van der Waals surface area contributed by atoms with Crippen LogP contribution in [0.2, 0.25) is 0 Å². The standard InChI is InChI=1S/C13H17N3O2S2/c1-10-13(9-15(2)14-10)20(17,18)16-7-11(8-16)6-12-4-3-5-19-12/h3-5,9,11H,6-8H2,1-2H3. The smallest absolute Gasteiger partial charge is 0.246 e. The lowest BCUT2D eigenvalue weighted by molar-refractivity contribution is 0.201. The van der Waals surface area contributed by atoms with E-state index in [9.17, 15) is 8.42 Å². The summed E-state index contributed by atoms with van der Waals surface area (Å²) in [4.78, 5) is 1.65. The predicted molar refractivity (Wildman–Crippen MR) is 78.2 cm³/mol. The number of hydrogen-bond donors (Lipinski definition) is 0. The molecule has 0 unspecified atom stereocenters. The van der Waals surface area contributed by atoms with Gasteiger partial charge < -0.3 is 0 Å². The zero-order chi connectivity index (χ0) is 14.3. The van der Waals surface area contributed by atoms with Crippen molar-refractivity contribution in [3.05, 3.63) is 34.3 Å². The summed E-state index contributed by atoms with van der Waals surface area (Å²) in [5.74, 6) is 0.431. The molecular weight excluding hydrogens is 294 g/mol. The molecule has 0 N–H and O–H groups in total. The van der Waals surface area contributed by atoms with Crippen molar-refractivity contribution < 1.29 is 8.42 Å². The van der Waals surface area contributed by atoms with E-state index in [1.165, 1.54) is 4.88 Å². The van der Waals surface area contributed by atoms with Crippen LogP contribution in [-0.4, -0.2) is 35.6 Å². The molecule has 0 bridgehead atoms. The Labute approximate surface area is 122 Å². The fourth-order valence-corrected chi connectivity index (χ4v) is 5.14. The first-order valence-corrected chi connectivity index (χ1v) is 8.81. The van der Waals surface area contributed by atoms with Gasteiger partial charge in [0, 0.05) is 31.2 Å². The summed E-state index contributed by atoms with van der Waals surface area (Å²) in [5.41, 5.74) is 0.564. The Morgan fingerprint density at radius 2 is 2.20 bits per heavy atom. The van der Waals surface area contributed by atoms with Crippen LogP contribution in [0.3, 0.4) is 0 Å². The summed E-state index contributed by atoms with van der Waals surface area (Å²) in [6.45, 7) is 2.94. The van der Waals surface area contributed by atoms with Crippen LogP contribution >= 0.6 is 11.3 Å². The van der Waals surface area contributed by atoms with Gasteiger partial charge >= 0.3 is 0 Å². The number of aromatic nitrogens is 2. The van der Waals surface area contributed by atoms with Crippen LogP contribution in [-0.2, 0) is 23.5 Å². The van der Waals surface area contributed by atoms with Gasteiger partial charge in [-0.2, -0.15) is 9.40 Å². The topological polar surface area (TPSA) is 55.2 Å². The van der Waals surface area contributed by atoms with Crippen molar-refractivity contribution in [2.75, 3.05) is 13.1 Å². The number of hydrogen-bond acceptors (Lipinski definition) is 4. The molecule has 2 aromatic rings. The highest BCUT2D eigenvalue weighted by Crippen LogP contribution is 2.29. The Balaban J connectivity index is 1.68. The van der Waals surface area contributed by atoms with Crippen LogP contribution in [0.25, 0.3) is 0 Å². The molecule has 3 rings (SSSR count). The molecule has 1 aliphatic rings. The lowest BCUT2D eigenvalue weighted by atomic mass is 9.99. The molecule has 0 aromatic carbocycles. The number of sulfonamides is 1. The number of rotatable bonds is 4. The van der Waals surface area contributed by atoms with E-state index in [1.807, 2.05) is 6.07 Å². The molecule has 0 saturated carbocycles. The van der Waals surface area contributed by atoms with E-state index in [-0.39, 0.29) is 0 Å². The fourth-order valence-electron chi connectivity index (χ4n) is 2.53. The maximum atomic E-state index is 12.5. The molecule has 7 heteroatoms. The van der Waals surface area contributed by atoms with Crippen molar-refractivity contribution in [3.8, 4) is 0 Å². The van der Waals surface area contributed by atoms with E-state index < -0.39 is 10.0 Å². The number of thiophene rings is 1. The Morgan fingerprint density at radius 3 is 2.75 bits per heavy atom. The van der Waals surface area contributed by atoms with Gasteiger partial charge in [-0.25, -0.2) is 8.42 Å². The van der Waals surface area contributed by atoms with E-state index in [4.69, 9.17) is 0 Å². The summed E-state index contributed by atoms with van der Waals surface area (Å²) < 4.78 is 28.0. The van der Waals surface area contributed by atoms with Crippen molar-refractivity contribution >= 4 is 21.4 Å². The van der Waals surface area contributed by atoms with Gasteiger partial charge in [-0.15, -0.1) is 11.3 Å². The van der Waals surface area contributed by atoms with Crippen LogP contribution in [0.15, 0.2) is 28.6 Å². The van der Waals surface area contributed by atoms with Crippen molar-refractivity contribution in [1.29, 1.82) is 0 Å². The molecule has 0 radical (unpaired) electrons. The third-order valence-corrected chi connectivity index (χ3v) is 6.41. The Kier molecular flexibility index (Phi) is 3.43. The molecule has 108 valence electrons. The minimum Gasteiger partial charge on any atom is -0.274 e. The van der Waals surface area contributed by atoms with E-state index in [1.54, 1.807) is 40.5 Å². The second kappa shape index (κ2) is 4.98. The molecule has 1 aliphatic heterocycles. The van der Waals surface area contributed by atoms with Gasteiger partial charge in [0.25, 0.3) is 0 Å². The maximum absolute atomic E-state index is 12.5. The molecular formula is C13H17N3O2S2. The van der Waals surface area contributed by atoms with Gasteiger partial charge in [0.05, 0.1) is 5.69 Å². The predicted octanol–water partition coefficient (Wildman–Crippen LogP) is 1.65. The molecule has 5 nitrogen and oxygen atoms in total. The van der Waals surface area contributed by atoms with Gasteiger partial charge in [0.2, 0.25) is 10.0 Å². The summed E-state index contributed by atoms with van der Waals surface area (Å²) in [7, 11) is -1.63. The minimum atomic E-state index is -3.37. The highest BCUT2D eigenvalue weighted by Gasteiger charge is 2.38. The zero-order valence-corrected chi connectivity index (χ0v) is 13.1. The van der Waals surface area contributed by atoms with Crippen LogP contribution in [0, 0.1) is 12.8 Å². The summed E-state index contributed by atoms with van der Waals surface area (Å²) in [6, 6.07) is 4.14. The molecule has 1 saturated heterocycles. The summed E-state index contributed by atoms with van der Waals surface area (Å²) in [5, 5.41) is 6.17. The quantitative estimate of drug-likeness (QED) is 0.863. The van der Waals surface area contributed by atoms with E-state index >= 15 is 0 Å². The van der Waals surface area contributed by atoms with Crippen LogP contribution in [0.4, 0.5) is 0 Å². The van der Waals surface area contributed by atoms with E-state index in [0.29, 0.717) is 29.6 Å². The lowest BCUT2D eigenvalue weighted by Gasteiger charge is -2.37. The average Bonchev–Trinajstić information content (AvgIpc) is 2.92. The first kappa shape index (κ1) is 13.8. The van der Waals surface area contributed by atoms with Gasteiger partial charge in [-0.1, -0.05) is 6.07 Å². The van der Waals surface area contributed by atoms with Crippen LogP contribution in [0.5, 0.6) is 0 Å². The van der Waals surface area contributed by atoms with Crippen molar-refractivity contribution in [2.24, 2.45) is 13.0 Å². The second-order valence-electron chi connectivity index (χ2n) is 5.22. The Bertz CT molecular complexity index is 698. The molecule has 3 heterocycles. The van der Waals surface area contributed by atoms with E-state index in [2.05, 4.69) is 16.5 Å².